The number of halogens is 3. The van der Waals surface area contributed by atoms with Crippen molar-refractivity contribution in [2.45, 2.75) is 0 Å². The minimum Gasteiger partial charge on any atom is -0.478 e. The van der Waals surface area contributed by atoms with Crippen molar-refractivity contribution in [3.8, 4) is 11.5 Å². The molecule has 0 heterocycles. The Hall–Kier alpha value is -1.85. The molecule has 0 aliphatic carbocycles. The minimum atomic E-state index is -1.10. The molecule has 108 valence electrons. The SMILES string of the molecule is O=C(O)C=Cc1ccc(Oc2cc(Br)ccc2Cl)c(F)c1. The molecule has 0 unspecified atom stereocenters. The van der Waals surface area contributed by atoms with Crippen LogP contribution >= 0.6 is 27.5 Å². The highest BCUT2D eigenvalue weighted by Crippen LogP contribution is 2.33. The van der Waals surface area contributed by atoms with Gasteiger partial charge in [-0.05, 0) is 42.0 Å². The average molecular weight is 372 g/mol. The van der Waals surface area contributed by atoms with E-state index in [1.165, 1.54) is 18.2 Å². The fourth-order valence-corrected chi connectivity index (χ4v) is 2.04. The van der Waals surface area contributed by atoms with E-state index in [0.29, 0.717) is 16.3 Å². The summed E-state index contributed by atoms with van der Waals surface area (Å²) in [5.74, 6) is -1.39. The standard InChI is InChI=1S/C15H9BrClFO3/c16-10-3-4-11(17)14(8-10)21-13-5-1-9(7-12(13)18)2-6-15(19)20/h1-8H,(H,19,20). The number of hydrogen-bond donors (Lipinski definition) is 1. The summed E-state index contributed by atoms with van der Waals surface area (Å²) in [6.45, 7) is 0. The highest BCUT2D eigenvalue weighted by atomic mass is 79.9. The summed E-state index contributed by atoms with van der Waals surface area (Å²) < 4.78 is 20.1. The van der Waals surface area contributed by atoms with Gasteiger partial charge in [0.15, 0.2) is 11.6 Å². The fraction of sp³-hybridized carbons (Fsp3) is 0. The van der Waals surface area contributed by atoms with Gasteiger partial charge in [0.1, 0.15) is 5.75 Å². The lowest BCUT2D eigenvalue weighted by atomic mass is 10.2. The lowest BCUT2D eigenvalue weighted by molar-refractivity contribution is -0.131. The maximum Gasteiger partial charge on any atom is 0.328 e. The smallest absolute Gasteiger partial charge is 0.328 e. The number of carbonyl (C=O) groups is 1. The van der Waals surface area contributed by atoms with Crippen LogP contribution in [-0.2, 0) is 4.79 Å². The Balaban J connectivity index is 2.25. The monoisotopic (exact) mass is 370 g/mol. The van der Waals surface area contributed by atoms with E-state index in [1.54, 1.807) is 24.3 Å². The Morgan fingerprint density at radius 1 is 1.24 bits per heavy atom. The van der Waals surface area contributed by atoms with Crippen LogP contribution in [0.4, 0.5) is 4.39 Å². The Bertz CT molecular complexity index is 716. The molecular formula is C15H9BrClFO3. The number of ether oxygens (including phenoxy) is 1. The van der Waals surface area contributed by atoms with Crippen LogP contribution in [0.2, 0.25) is 5.02 Å². The lowest BCUT2D eigenvalue weighted by Crippen LogP contribution is -1.91. The van der Waals surface area contributed by atoms with Gasteiger partial charge in [-0.3, -0.25) is 0 Å². The number of carboxylic acid groups (broad SMARTS) is 1. The molecule has 2 rings (SSSR count). The molecule has 0 amide bonds. The second kappa shape index (κ2) is 6.74. The molecule has 6 heteroatoms. The summed E-state index contributed by atoms with van der Waals surface area (Å²) in [4.78, 5) is 10.4. The summed E-state index contributed by atoms with van der Waals surface area (Å²) in [7, 11) is 0. The molecule has 2 aromatic rings. The normalized spacial score (nSPS) is 10.8. The molecule has 0 aliphatic rings. The second-order valence-electron chi connectivity index (χ2n) is 4.04. The van der Waals surface area contributed by atoms with Crippen LogP contribution in [0.5, 0.6) is 11.5 Å². The molecule has 0 spiro atoms. The van der Waals surface area contributed by atoms with Crippen LogP contribution in [0, 0.1) is 5.82 Å². The van der Waals surface area contributed by atoms with Gasteiger partial charge in [-0.2, -0.15) is 0 Å². The van der Waals surface area contributed by atoms with Crippen molar-refractivity contribution in [3.05, 3.63) is 63.4 Å². The summed E-state index contributed by atoms with van der Waals surface area (Å²) in [6.07, 6.45) is 2.22. The molecule has 0 bridgehead atoms. The van der Waals surface area contributed by atoms with Crippen LogP contribution < -0.4 is 4.74 Å². The zero-order chi connectivity index (χ0) is 15.4. The van der Waals surface area contributed by atoms with Gasteiger partial charge in [0.25, 0.3) is 0 Å². The summed E-state index contributed by atoms with van der Waals surface area (Å²) in [5, 5.41) is 8.88. The first-order valence-electron chi connectivity index (χ1n) is 5.79. The van der Waals surface area contributed by atoms with Crippen LogP contribution in [-0.4, -0.2) is 11.1 Å². The largest absolute Gasteiger partial charge is 0.478 e. The first-order chi connectivity index (χ1) is 9.95. The number of benzene rings is 2. The van der Waals surface area contributed by atoms with Gasteiger partial charge in [-0.1, -0.05) is 33.6 Å². The molecule has 0 fully saturated rings. The van der Waals surface area contributed by atoms with Gasteiger partial charge in [-0.15, -0.1) is 0 Å². The maximum absolute atomic E-state index is 13.9. The highest BCUT2D eigenvalue weighted by Gasteiger charge is 2.09. The Morgan fingerprint density at radius 3 is 2.67 bits per heavy atom. The van der Waals surface area contributed by atoms with Crippen LogP contribution in [0.15, 0.2) is 46.9 Å². The number of hydrogen-bond acceptors (Lipinski definition) is 2. The van der Waals surface area contributed by atoms with Crippen molar-refractivity contribution in [1.29, 1.82) is 0 Å². The fourth-order valence-electron chi connectivity index (χ4n) is 1.54. The molecule has 1 N–H and O–H groups in total. The predicted molar refractivity (Wildman–Crippen MR) is 82.3 cm³/mol. The van der Waals surface area contributed by atoms with E-state index >= 15 is 0 Å². The first kappa shape index (κ1) is 15.5. The second-order valence-corrected chi connectivity index (χ2v) is 5.36. The zero-order valence-corrected chi connectivity index (χ0v) is 12.9. The Kier molecular flexibility index (Phi) is 4.98. The van der Waals surface area contributed by atoms with Gasteiger partial charge in [0, 0.05) is 10.5 Å². The quantitative estimate of drug-likeness (QED) is 0.758. The molecule has 0 radical (unpaired) electrons. The van der Waals surface area contributed by atoms with Gasteiger partial charge in [0.05, 0.1) is 5.02 Å². The maximum atomic E-state index is 13.9. The summed E-state index contributed by atoms with van der Waals surface area (Å²) in [5.41, 5.74) is 0.419. The Morgan fingerprint density at radius 2 is 2.00 bits per heavy atom. The summed E-state index contributed by atoms with van der Waals surface area (Å²) >= 11 is 9.25. The van der Waals surface area contributed by atoms with E-state index in [9.17, 15) is 9.18 Å². The third-order valence-electron chi connectivity index (χ3n) is 2.49. The lowest BCUT2D eigenvalue weighted by Gasteiger charge is -2.09. The molecule has 0 aliphatic heterocycles. The summed E-state index contributed by atoms with van der Waals surface area (Å²) in [6, 6.07) is 9.13. The molecule has 0 saturated carbocycles. The average Bonchev–Trinajstić information content (AvgIpc) is 2.43. The molecular weight excluding hydrogens is 363 g/mol. The van der Waals surface area contributed by atoms with Crippen molar-refractivity contribution < 1.29 is 19.0 Å². The van der Waals surface area contributed by atoms with Crippen molar-refractivity contribution in [1.82, 2.24) is 0 Å². The third kappa shape index (κ3) is 4.31. The van der Waals surface area contributed by atoms with Crippen molar-refractivity contribution in [2.24, 2.45) is 0 Å². The molecule has 2 aromatic carbocycles. The minimum absolute atomic E-state index is 0.00229. The van der Waals surface area contributed by atoms with Crippen molar-refractivity contribution in [2.75, 3.05) is 0 Å². The van der Waals surface area contributed by atoms with E-state index in [4.69, 9.17) is 21.4 Å². The van der Waals surface area contributed by atoms with Gasteiger partial charge >= 0.3 is 5.97 Å². The first-order valence-corrected chi connectivity index (χ1v) is 6.96. The zero-order valence-electron chi connectivity index (χ0n) is 10.5. The van der Waals surface area contributed by atoms with E-state index in [-0.39, 0.29) is 5.75 Å². The van der Waals surface area contributed by atoms with Crippen molar-refractivity contribution >= 4 is 39.6 Å². The molecule has 0 saturated heterocycles. The van der Waals surface area contributed by atoms with E-state index in [2.05, 4.69) is 15.9 Å². The van der Waals surface area contributed by atoms with Gasteiger partial charge in [0.2, 0.25) is 0 Å². The number of carboxylic acids is 1. The molecule has 21 heavy (non-hydrogen) atoms. The van der Waals surface area contributed by atoms with Crippen LogP contribution in [0.1, 0.15) is 5.56 Å². The highest BCUT2D eigenvalue weighted by molar-refractivity contribution is 9.10. The van der Waals surface area contributed by atoms with E-state index in [1.807, 2.05) is 0 Å². The van der Waals surface area contributed by atoms with E-state index < -0.39 is 11.8 Å². The molecule has 0 aromatic heterocycles. The molecule has 0 atom stereocenters. The number of rotatable bonds is 4. The Labute approximate surface area is 133 Å². The van der Waals surface area contributed by atoms with Crippen LogP contribution in [0.3, 0.4) is 0 Å². The van der Waals surface area contributed by atoms with E-state index in [0.717, 1.165) is 10.5 Å². The van der Waals surface area contributed by atoms with Crippen LogP contribution in [0.25, 0.3) is 6.08 Å². The predicted octanol–water partition coefficient (Wildman–Crippen LogP) is 5.13. The van der Waals surface area contributed by atoms with Crippen molar-refractivity contribution in [3.63, 3.8) is 0 Å². The topological polar surface area (TPSA) is 46.5 Å². The number of aliphatic carboxylic acids is 1. The third-order valence-corrected chi connectivity index (χ3v) is 3.29. The molecule has 3 nitrogen and oxygen atoms in total. The van der Waals surface area contributed by atoms with Gasteiger partial charge < -0.3 is 9.84 Å². The van der Waals surface area contributed by atoms with Gasteiger partial charge in [-0.25, -0.2) is 9.18 Å².